The van der Waals surface area contributed by atoms with Crippen molar-refractivity contribution in [3.63, 3.8) is 0 Å². The van der Waals surface area contributed by atoms with Crippen LogP contribution in [-0.4, -0.2) is 13.3 Å². The highest BCUT2D eigenvalue weighted by Crippen LogP contribution is 2.10. The van der Waals surface area contributed by atoms with Gasteiger partial charge in [0, 0.05) is 11.8 Å². The minimum atomic E-state index is 0.792. The SMILES string of the molecule is C[NH+]=C\C=C/C=C/C(C)=C/c1ccc(N)cc1. The maximum Gasteiger partial charge on any atom is 0.161 e. The molecule has 0 atom stereocenters. The van der Waals surface area contributed by atoms with Crippen molar-refractivity contribution in [2.45, 2.75) is 6.92 Å². The maximum atomic E-state index is 5.63. The van der Waals surface area contributed by atoms with Crippen molar-refractivity contribution in [1.82, 2.24) is 0 Å². The fraction of sp³-hybridized carbons (Fsp3) is 0.133. The first-order chi connectivity index (χ1) is 8.22. The number of hydrogen-bond donors (Lipinski definition) is 2. The smallest absolute Gasteiger partial charge is 0.161 e. The van der Waals surface area contributed by atoms with Crippen molar-refractivity contribution in [3.05, 3.63) is 59.7 Å². The Hall–Kier alpha value is -2.09. The van der Waals surface area contributed by atoms with Gasteiger partial charge in [-0.25, -0.2) is 0 Å². The average molecular weight is 227 g/mol. The van der Waals surface area contributed by atoms with E-state index in [4.69, 9.17) is 5.73 Å². The summed E-state index contributed by atoms with van der Waals surface area (Å²) >= 11 is 0. The molecule has 17 heavy (non-hydrogen) atoms. The van der Waals surface area contributed by atoms with Crippen LogP contribution in [0, 0.1) is 0 Å². The second-order valence-corrected chi connectivity index (χ2v) is 3.75. The van der Waals surface area contributed by atoms with Crippen LogP contribution in [0.3, 0.4) is 0 Å². The first-order valence-corrected chi connectivity index (χ1v) is 5.60. The molecular formula is C15H19N2+. The van der Waals surface area contributed by atoms with Crippen LogP contribution in [0.5, 0.6) is 0 Å². The molecule has 1 rings (SSSR count). The third kappa shape index (κ3) is 5.52. The van der Waals surface area contributed by atoms with Gasteiger partial charge in [0.1, 0.15) is 7.05 Å². The van der Waals surface area contributed by atoms with E-state index in [0.29, 0.717) is 0 Å². The lowest BCUT2D eigenvalue weighted by Crippen LogP contribution is -2.62. The van der Waals surface area contributed by atoms with Crippen molar-refractivity contribution in [1.29, 1.82) is 0 Å². The van der Waals surface area contributed by atoms with Gasteiger partial charge in [-0.05, 0) is 24.6 Å². The number of allylic oxidation sites excluding steroid dienone is 5. The highest BCUT2D eigenvalue weighted by molar-refractivity contribution is 5.65. The number of rotatable bonds is 4. The van der Waals surface area contributed by atoms with Crippen molar-refractivity contribution >= 4 is 18.0 Å². The molecular weight excluding hydrogens is 208 g/mol. The Labute approximate surface area is 103 Å². The fourth-order valence-corrected chi connectivity index (χ4v) is 1.33. The van der Waals surface area contributed by atoms with E-state index in [2.05, 4.69) is 24.1 Å². The van der Waals surface area contributed by atoms with Crippen molar-refractivity contribution < 1.29 is 4.99 Å². The molecule has 0 amide bonds. The average Bonchev–Trinajstić information content (AvgIpc) is 2.32. The van der Waals surface area contributed by atoms with Crippen LogP contribution in [0.25, 0.3) is 6.08 Å². The minimum Gasteiger partial charge on any atom is -0.399 e. The summed E-state index contributed by atoms with van der Waals surface area (Å²) in [5.41, 5.74) is 8.78. The number of nitrogens with two attached hydrogens (primary N) is 1. The number of anilines is 1. The molecule has 0 heterocycles. The van der Waals surface area contributed by atoms with Gasteiger partial charge >= 0.3 is 0 Å². The van der Waals surface area contributed by atoms with E-state index < -0.39 is 0 Å². The molecule has 3 N–H and O–H groups in total. The van der Waals surface area contributed by atoms with Crippen LogP contribution >= 0.6 is 0 Å². The van der Waals surface area contributed by atoms with E-state index in [1.807, 2.05) is 55.8 Å². The molecule has 0 aliphatic heterocycles. The number of benzene rings is 1. The van der Waals surface area contributed by atoms with Crippen molar-refractivity contribution in [2.75, 3.05) is 12.8 Å². The predicted octanol–water partition coefficient (Wildman–Crippen LogP) is 1.57. The molecule has 0 aromatic heterocycles. The Balaban J connectivity index is 2.63. The Morgan fingerprint density at radius 1 is 1.12 bits per heavy atom. The lowest BCUT2D eigenvalue weighted by Gasteiger charge is -1.96. The fourth-order valence-electron chi connectivity index (χ4n) is 1.33. The van der Waals surface area contributed by atoms with Crippen LogP contribution in [0.4, 0.5) is 5.69 Å². The molecule has 0 radical (unpaired) electrons. The summed E-state index contributed by atoms with van der Waals surface area (Å²) in [7, 11) is 1.88. The number of nitrogens with one attached hydrogen (secondary N) is 1. The van der Waals surface area contributed by atoms with E-state index in [1.165, 1.54) is 5.57 Å². The van der Waals surface area contributed by atoms with Crippen molar-refractivity contribution in [3.8, 4) is 0 Å². The molecule has 0 unspecified atom stereocenters. The standard InChI is InChI=1S/C15H18N2/c1-13(6-4-3-5-11-17-2)12-14-7-9-15(16)10-8-14/h3-12H,16H2,1-2H3/p+1/b5-3-,6-4+,13-12+,17-11?. The molecule has 0 fully saturated rings. The topological polar surface area (TPSA) is 40.0 Å². The van der Waals surface area contributed by atoms with E-state index in [9.17, 15) is 0 Å². The van der Waals surface area contributed by atoms with E-state index in [0.717, 1.165) is 11.3 Å². The molecule has 1 aromatic carbocycles. The highest BCUT2D eigenvalue weighted by atomic mass is 14.6. The van der Waals surface area contributed by atoms with Gasteiger partial charge in [0.15, 0.2) is 6.21 Å². The normalized spacial score (nSPS) is 13.2. The van der Waals surface area contributed by atoms with Gasteiger partial charge in [-0.1, -0.05) is 42.0 Å². The van der Waals surface area contributed by atoms with Crippen LogP contribution in [-0.2, 0) is 0 Å². The van der Waals surface area contributed by atoms with Crippen LogP contribution in [0.1, 0.15) is 12.5 Å². The summed E-state index contributed by atoms with van der Waals surface area (Å²) < 4.78 is 0. The van der Waals surface area contributed by atoms with Gasteiger partial charge in [0.2, 0.25) is 0 Å². The third-order valence-electron chi connectivity index (χ3n) is 2.18. The summed E-state index contributed by atoms with van der Waals surface area (Å²) in [4.78, 5) is 2.93. The van der Waals surface area contributed by atoms with Gasteiger partial charge in [0.05, 0.1) is 0 Å². The van der Waals surface area contributed by atoms with Crippen LogP contribution in [0.15, 0.2) is 54.1 Å². The first-order valence-electron chi connectivity index (χ1n) is 5.60. The number of nitrogen functional groups attached to an aromatic ring is 1. The lowest BCUT2D eigenvalue weighted by molar-refractivity contribution is -0.413. The van der Waals surface area contributed by atoms with Gasteiger partial charge in [-0.15, -0.1) is 0 Å². The van der Waals surface area contributed by atoms with E-state index >= 15 is 0 Å². The zero-order valence-electron chi connectivity index (χ0n) is 10.4. The molecule has 0 spiro atoms. The Morgan fingerprint density at radius 2 is 1.82 bits per heavy atom. The summed E-state index contributed by atoms with van der Waals surface area (Å²) in [6, 6.07) is 7.84. The molecule has 2 heteroatoms. The lowest BCUT2D eigenvalue weighted by atomic mass is 10.1. The maximum absolute atomic E-state index is 5.63. The first kappa shape index (κ1) is 13.0. The molecule has 2 nitrogen and oxygen atoms in total. The summed E-state index contributed by atoms with van der Waals surface area (Å²) in [6.45, 7) is 2.07. The molecule has 1 aromatic rings. The molecule has 0 aliphatic carbocycles. The zero-order chi connectivity index (χ0) is 12.5. The number of hydrogen-bond acceptors (Lipinski definition) is 1. The molecule has 0 saturated heterocycles. The van der Waals surface area contributed by atoms with Crippen LogP contribution < -0.4 is 10.7 Å². The predicted molar refractivity (Wildman–Crippen MR) is 75.7 cm³/mol. The molecule has 88 valence electrons. The van der Waals surface area contributed by atoms with Gasteiger partial charge in [-0.3, -0.25) is 4.99 Å². The summed E-state index contributed by atoms with van der Waals surface area (Å²) in [5, 5.41) is 0. The second-order valence-electron chi connectivity index (χ2n) is 3.75. The largest absolute Gasteiger partial charge is 0.399 e. The Kier molecular flexibility index (Phi) is 5.52. The monoisotopic (exact) mass is 227 g/mol. The zero-order valence-corrected chi connectivity index (χ0v) is 10.4. The van der Waals surface area contributed by atoms with Gasteiger partial charge in [-0.2, -0.15) is 0 Å². The molecule has 0 bridgehead atoms. The molecule has 0 saturated carbocycles. The van der Waals surface area contributed by atoms with E-state index in [1.54, 1.807) is 0 Å². The van der Waals surface area contributed by atoms with Gasteiger partial charge < -0.3 is 5.73 Å². The Bertz CT molecular complexity index is 448. The summed E-state index contributed by atoms with van der Waals surface area (Å²) in [6.07, 6.45) is 12.0. The van der Waals surface area contributed by atoms with Crippen molar-refractivity contribution in [2.24, 2.45) is 0 Å². The van der Waals surface area contributed by atoms with Crippen LogP contribution in [0.2, 0.25) is 0 Å². The third-order valence-corrected chi connectivity index (χ3v) is 2.18. The Morgan fingerprint density at radius 3 is 2.47 bits per heavy atom. The van der Waals surface area contributed by atoms with Gasteiger partial charge in [0.25, 0.3) is 0 Å². The van der Waals surface area contributed by atoms with E-state index in [-0.39, 0.29) is 0 Å². The second kappa shape index (κ2) is 7.23. The summed E-state index contributed by atoms with van der Waals surface area (Å²) in [5.74, 6) is 0. The molecule has 0 aliphatic rings. The highest BCUT2D eigenvalue weighted by Gasteiger charge is 1.88. The minimum absolute atomic E-state index is 0.792. The quantitative estimate of drug-likeness (QED) is 0.457.